The third kappa shape index (κ3) is 7.65. The lowest BCUT2D eigenvalue weighted by atomic mass is 9.84. The van der Waals surface area contributed by atoms with Crippen LogP contribution in [0.3, 0.4) is 0 Å². The lowest BCUT2D eigenvalue weighted by Crippen LogP contribution is -2.60. The average molecular weight is 535 g/mol. The summed E-state index contributed by atoms with van der Waals surface area (Å²) in [4.78, 5) is 72.3. The summed E-state index contributed by atoms with van der Waals surface area (Å²) in [5.41, 5.74) is -0.393. The summed E-state index contributed by atoms with van der Waals surface area (Å²) in [5.74, 6) is -2.42. The summed E-state index contributed by atoms with van der Waals surface area (Å²) >= 11 is 0. The van der Waals surface area contributed by atoms with Crippen LogP contribution in [-0.4, -0.2) is 82.2 Å². The highest BCUT2D eigenvalue weighted by atomic mass is 16.7. The molecule has 0 aromatic carbocycles. The van der Waals surface area contributed by atoms with Crippen LogP contribution < -0.4 is 5.32 Å². The van der Waals surface area contributed by atoms with Gasteiger partial charge in [-0.1, -0.05) is 47.1 Å². The molecule has 2 aliphatic rings. The molecule has 2 saturated heterocycles. The third-order valence-electron chi connectivity index (χ3n) is 7.31. The van der Waals surface area contributed by atoms with Gasteiger partial charge in [-0.2, -0.15) is 0 Å². The van der Waals surface area contributed by atoms with E-state index in [1.54, 1.807) is 18.0 Å². The van der Waals surface area contributed by atoms with Crippen LogP contribution in [0.1, 0.15) is 87.5 Å². The van der Waals surface area contributed by atoms with Gasteiger partial charge in [-0.25, -0.2) is 4.79 Å². The van der Waals surface area contributed by atoms with Crippen molar-refractivity contribution in [2.24, 2.45) is 11.3 Å². The van der Waals surface area contributed by atoms with Crippen molar-refractivity contribution in [1.82, 2.24) is 20.2 Å². The highest BCUT2D eigenvalue weighted by Gasteiger charge is 2.40. The van der Waals surface area contributed by atoms with Gasteiger partial charge < -0.3 is 15.1 Å². The van der Waals surface area contributed by atoms with E-state index < -0.39 is 35.3 Å². The zero-order valence-corrected chi connectivity index (χ0v) is 24.5. The Morgan fingerprint density at radius 2 is 1.63 bits per heavy atom. The molecular weight excluding hydrogens is 488 g/mol. The van der Waals surface area contributed by atoms with Crippen LogP contribution >= 0.6 is 0 Å². The number of carbonyl (C=O) groups is 5. The summed E-state index contributed by atoms with van der Waals surface area (Å²) in [5, 5.41) is 3.56. The predicted molar refractivity (Wildman–Crippen MR) is 143 cm³/mol. The van der Waals surface area contributed by atoms with Crippen molar-refractivity contribution in [1.29, 1.82) is 0 Å². The second-order valence-corrected chi connectivity index (χ2v) is 12.1. The number of likely N-dealkylation sites (N-methyl/N-ethyl adjacent to an activating group) is 1. The van der Waals surface area contributed by atoms with Gasteiger partial charge in [0.2, 0.25) is 11.8 Å². The second kappa shape index (κ2) is 12.9. The van der Waals surface area contributed by atoms with E-state index in [4.69, 9.17) is 4.84 Å². The van der Waals surface area contributed by atoms with E-state index in [1.807, 2.05) is 34.6 Å². The second-order valence-electron chi connectivity index (χ2n) is 12.1. The van der Waals surface area contributed by atoms with E-state index in [9.17, 15) is 24.0 Å². The molecule has 4 amide bonds. The Hall–Kier alpha value is -2.75. The monoisotopic (exact) mass is 534 g/mol. The molecule has 3 atom stereocenters. The summed E-state index contributed by atoms with van der Waals surface area (Å²) < 4.78 is 0. The molecule has 0 aromatic rings. The molecule has 0 radical (unpaired) electrons. The van der Waals surface area contributed by atoms with Crippen LogP contribution in [0.4, 0.5) is 0 Å². The van der Waals surface area contributed by atoms with Gasteiger partial charge in [-0.05, 0) is 51.5 Å². The summed E-state index contributed by atoms with van der Waals surface area (Å²) in [6, 6.07) is -1.33. The van der Waals surface area contributed by atoms with E-state index >= 15 is 0 Å². The fraction of sp³-hybridized carbons (Fsp3) is 0.750. The number of imide groups is 1. The van der Waals surface area contributed by atoms with Crippen molar-refractivity contribution in [3.05, 3.63) is 11.6 Å². The Labute approximate surface area is 227 Å². The molecular formula is C28H46N4O6. The van der Waals surface area contributed by atoms with E-state index in [2.05, 4.69) is 24.1 Å². The zero-order chi connectivity index (χ0) is 28.9. The molecule has 2 fully saturated rings. The maximum atomic E-state index is 13.8. The minimum Gasteiger partial charge on any atom is -0.342 e. The van der Waals surface area contributed by atoms with Gasteiger partial charge in [0.25, 0.3) is 11.8 Å². The van der Waals surface area contributed by atoms with Crippen molar-refractivity contribution >= 4 is 29.6 Å². The minimum absolute atomic E-state index is 0.0103. The Morgan fingerprint density at radius 3 is 2.13 bits per heavy atom. The van der Waals surface area contributed by atoms with Crippen molar-refractivity contribution in [2.75, 3.05) is 13.6 Å². The van der Waals surface area contributed by atoms with Crippen LogP contribution in [0.25, 0.3) is 0 Å². The molecule has 2 heterocycles. The van der Waals surface area contributed by atoms with Crippen molar-refractivity contribution in [3.8, 4) is 0 Å². The third-order valence-corrected chi connectivity index (χ3v) is 7.31. The van der Waals surface area contributed by atoms with Crippen LogP contribution in [0.15, 0.2) is 11.6 Å². The Balaban J connectivity index is 2.23. The lowest BCUT2D eigenvalue weighted by molar-refractivity contribution is -0.194. The fourth-order valence-electron chi connectivity index (χ4n) is 4.98. The molecule has 2 aliphatic heterocycles. The largest absolute Gasteiger partial charge is 0.359 e. The van der Waals surface area contributed by atoms with Gasteiger partial charge in [0.1, 0.15) is 6.04 Å². The molecule has 10 nitrogen and oxygen atoms in total. The Morgan fingerprint density at radius 1 is 1.05 bits per heavy atom. The molecule has 10 heteroatoms. The number of hydrogen-bond acceptors (Lipinski definition) is 7. The van der Waals surface area contributed by atoms with E-state index in [-0.39, 0.29) is 48.2 Å². The maximum Gasteiger partial charge on any atom is 0.359 e. The number of rotatable bonds is 9. The molecule has 2 rings (SSSR count). The lowest BCUT2D eigenvalue weighted by Gasteiger charge is -2.41. The number of likely N-dealkylation sites (tertiary alicyclic amines) is 1. The number of hydrogen-bond donors (Lipinski definition) is 1. The summed E-state index contributed by atoms with van der Waals surface area (Å²) in [6.07, 6.45) is 4.41. The molecule has 1 N–H and O–H groups in total. The number of carbonyl (C=O) groups excluding carboxylic acids is 5. The predicted octanol–water partition coefficient (Wildman–Crippen LogP) is 2.82. The number of piperidine rings is 1. The SMILES string of the molecule is C/C(=C\[C@H](C(C)C)N(C)C(=O)[C@@H](NC(=O)[C@H]1CCCCN1C(C)C)C(C)(C)C)C(=O)ON1C(=O)CCC1=O. The topological polar surface area (TPSA) is 116 Å². The quantitative estimate of drug-likeness (QED) is 0.357. The van der Waals surface area contributed by atoms with Crippen molar-refractivity contribution in [2.45, 2.75) is 112 Å². The van der Waals surface area contributed by atoms with Gasteiger partial charge in [0.05, 0.1) is 12.1 Å². The fourth-order valence-corrected chi connectivity index (χ4v) is 4.98. The number of nitrogens with zero attached hydrogens (tertiary/aromatic N) is 3. The molecule has 0 aromatic heterocycles. The Bertz CT molecular complexity index is 935. The first-order valence-corrected chi connectivity index (χ1v) is 13.7. The standard InChI is InChI=1S/C28H46N4O6/c1-17(2)21(16-19(5)27(37)38-32-22(33)13-14-23(32)34)30(9)26(36)24(28(6,7)8)29-25(35)20-12-10-11-15-31(20)18(3)4/h16-18,20-21,24H,10-15H2,1-9H3,(H,29,35)/b19-16+/t20-,21-,24-/m1/s1. The first-order valence-electron chi connectivity index (χ1n) is 13.7. The summed E-state index contributed by atoms with van der Waals surface area (Å²) in [6.45, 7) is 16.1. The average Bonchev–Trinajstić information content (AvgIpc) is 3.15. The molecule has 214 valence electrons. The molecule has 0 unspecified atom stereocenters. The van der Waals surface area contributed by atoms with Crippen LogP contribution in [0, 0.1) is 11.3 Å². The zero-order valence-electron chi connectivity index (χ0n) is 24.5. The van der Waals surface area contributed by atoms with Crippen LogP contribution in [0.2, 0.25) is 0 Å². The maximum absolute atomic E-state index is 13.8. The molecule has 0 aliphatic carbocycles. The van der Waals surface area contributed by atoms with Crippen LogP contribution in [0.5, 0.6) is 0 Å². The molecule has 0 bridgehead atoms. The van der Waals surface area contributed by atoms with E-state index in [0.29, 0.717) is 5.06 Å². The van der Waals surface area contributed by atoms with Crippen LogP contribution in [-0.2, 0) is 28.8 Å². The number of hydroxylamine groups is 2. The van der Waals surface area contributed by atoms with Crippen molar-refractivity contribution in [3.63, 3.8) is 0 Å². The van der Waals surface area contributed by atoms with Crippen molar-refractivity contribution < 1.29 is 28.8 Å². The minimum atomic E-state index is -0.827. The number of amides is 4. The highest BCUT2D eigenvalue weighted by Crippen LogP contribution is 2.26. The first-order chi connectivity index (χ1) is 17.6. The smallest absolute Gasteiger partial charge is 0.342 e. The molecule has 0 spiro atoms. The van der Waals surface area contributed by atoms with Gasteiger partial charge in [0, 0.05) is 31.5 Å². The van der Waals surface area contributed by atoms with Gasteiger partial charge in [-0.3, -0.25) is 24.1 Å². The highest BCUT2D eigenvalue weighted by molar-refractivity contribution is 6.02. The van der Waals surface area contributed by atoms with Gasteiger partial charge in [0.15, 0.2) is 0 Å². The van der Waals surface area contributed by atoms with E-state index in [0.717, 1.165) is 25.8 Å². The molecule has 0 saturated carbocycles. The summed E-state index contributed by atoms with van der Waals surface area (Å²) in [7, 11) is 1.65. The first kappa shape index (κ1) is 31.5. The van der Waals surface area contributed by atoms with Gasteiger partial charge >= 0.3 is 5.97 Å². The number of nitrogens with one attached hydrogen (secondary N) is 1. The normalized spacial score (nSPS) is 21.1. The molecule has 38 heavy (non-hydrogen) atoms. The van der Waals surface area contributed by atoms with Gasteiger partial charge in [-0.15, -0.1) is 5.06 Å². The van der Waals surface area contributed by atoms with E-state index in [1.165, 1.54) is 6.92 Å². The Kier molecular flexibility index (Phi) is 10.7.